The SMILES string of the molecule is CCCC1(CCC)c2ccccc2-c2ccc(C(=O)/C(=N\OC(C)=O)c3ccccc3C)cc21. The van der Waals surface area contributed by atoms with Crippen molar-refractivity contribution in [1.82, 2.24) is 0 Å². The number of hydrogen-bond donors (Lipinski definition) is 0. The smallest absolute Gasteiger partial charge is 0.318 e. The van der Waals surface area contributed by atoms with E-state index in [0.717, 1.165) is 31.2 Å². The Bertz CT molecular complexity index is 1270. The molecule has 174 valence electrons. The summed E-state index contributed by atoms with van der Waals surface area (Å²) in [5.74, 6) is -0.815. The number of hydrogen-bond acceptors (Lipinski definition) is 4. The van der Waals surface area contributed by atoms with Gasteiger partial charge < -0.3 is 4.84 Å². The molecule has 0 N–H and O–H groups in total. The molecule has 4 rings (SSSR count). The van der Waals surface area contributed by atoms with E-state index in [1.54, 1.807) is 0 Å². The van der Waals surface area contributed by atoms with Crippen LogP contribution in [0.15, 0.2) is 71.9 Å². The molecule has 0 saturated carbocycles. The monoisotopic (exact) mass is 453 g/mol. The van der Waals surface area contributed by atoms with Crippen LogP contribution in [0.2, 0.25) is 0 Å². The van der Waals surface area contributed by atoms with Crippen LogP contribution < -0.4 is 0 Å². The summed E-state index contributed by atoms with van der Waals surface area (Å²) in [6, 6.07) is 22.1. The van der Waals surface area contributed by atoms with Gasteiger partial charge in [0.15, 0.2) is 5.71 Å². The van der Waals surface area contributed by atoms with Gasteiger partial charge in [-0.3, -0.25) is 4.79 Å². The average Bonchev–Trinajstić information content (AvgIpc) is 3.10. The van der Waals surface area contributed by atoms with Gasteiger partial charge in [0.2, 0.25) is 5.78 Å². The maximum absolute atomic E-state index is 13.8. The fraction of sp³-hybridized carbons (Fsp3) is 0.300. The van der Waals surface area contributed by atoms with E-state index in [-0.39, 0.29) is 16.9 Å². The van der Waals surface area contributed by atoms with Crippen molar-refractivity contribution in [3.63, 3.8) is 0 Å². The molecular weight excluding hydrogens is 422 g/mol. The van der Waals surface area contributed by atoms with E-state index >= 15 is 0 Å². The third-order valence-electron chi connectivity index (χ3n) is 6.76. The molecule has 1 aliphatic carbocycles. The zero-order valence-corrected chi connectivity index (χ0v) is 20.4. The highest BCUT2D eigenvalue weighted by Gasteiger charge is 2.42. The quantitative estimate of drug-likeness (QED) is 0.159. The summed E-state index contributed by atoms with van der Waals surface area (Å²) in [6.07, 6.45) is 4.14. The van der Waals surface area contributed by atoms with E-state index in [9.17, 15) is 9.59 Å². The van der Waals surface area contributed by atoms with Crippen molar-refractivity contribution >= 4 is 17.5 Å². The molecule has 34 heavy (non-hydrogen) atoms. The molecule has 0 atom stereocenters. The molecule has 3 aromatic rings. The fourth-order valence-electron chi connectivity index (χ4n) is 5.41. The Balaban J connectivity index is 1.87. The van der Waals surface area contributed by atoms with Crippen molar-refractivity contribution < 1.29 is 14.4 Å². The Morgan fingerprint density at radius 2 is 1.50 bits per heavy atom. The molecule has 0 aromatic heterocycles. The zero-order valence-electron chi connectivity index (χ0n) is 20.4. The number of Topliss-reactive ketones (excluding diaryl/α,β-unsaturated/α-hetero) is 1. The van der Waals surface area contributed by atoms with Crippen molar-refractivity contribution in [2.24, 2.45) is 5.16 Å². The minimum atomic E-state index is -0.562. The second kappa shape index (κ2) is 9.76. The van der Waals surface area contributed by atoms with Crippen LogP contribution in [-0.4, -0.2) is 17.5 Å². The Morgan fingerprint density at radius 3 is 2.18 bits per heavy atom. The molecule has 0 spiro atoms. The third-order valence-corrected chi connectivity index (χ3v) is 6.76. The lowest BCUT2D eigenvalue weighted by molar-refractivity contribution is -0.140. The first-order valence-electron chi connectivity index (χ1n) is 12.0. The molecular formula is C30H31NO3. The summed E-state index contributed by atoms with van der Waals surface area (Å²) in [7, 11) is 0. The van der Waals surface area contributed by atoms with Gasteiger partial charge in [-0.2, -0.15) is 0 Å². The number of fused-ring (bicyclic) bond motifs is 3. The van der Waals surface area contributed by atoms with Crippen molar-refractivity contribution in [3.05, 3.63) is 94.5 Å². The summed E-state index contributed by atoms with van der Waals surface area (Å²) in [4.78, 5) is 30.2. The highest BCUT2D eigenvalue weighted by atomic mass is 16.7. The highest BCUT2D eigenvalue weighted by Crippen LogP contribution is 2.53. The van der Waals surface area contributed by atoms with Crippen LogP contribution in [0.5, 0.6) is 0 Å². The first kappa shape index (κ1) is 23.6. The molecule has 4 nitrogen and oxygen atoms in total. The fourth-order valence-corrected chi connectivity index (χ4v) is 5.41. The van der Waals surface area contributed by atoms with Crippen LogP contribution in [-0.2, 0) is 15.0 Å². The van der Waals surface area contributed by atoms with E-state index in [2.05, 4.69) is 49.3 Å². The van der Waals surface area contributed by atoms with Crippen LogP contribution in [0, 0.1) is 6.92 Å². The lowest BCUT2D eigenvalue weighted by Gasteiger charge is -2.32. The van der Waals surface area contributed by atoms with Crippen molar-refractivity contribution in [2.45, 2.75) is 58.8 Å². The van der Waals surface area contributed by atoms with Gasteiger partial charge in [-0.15, -0.1) is 0 Å². The normalized spacial score (nSPS) is 13.8. The number of carbonyl (C=O) groups excluding carboxylic acids is 2. The zero-order chi connectivity index (χ0) is 24.3. The van der Waals surface area contributed by atoms with E-state index in [1.165, 1.54) is 29.2 Å². The van der Waals surface area contributed by atoms with E-state index in [4.69, 9.17) is 4.84 Å². The number of aryl methyl sites for hydroxylation is 1. The molecule has 4 heteroatoms. The van der Waals surface area contributed by atoms with Gasteiger partial charge in [-0.05, 0) is 53.6 Å². The van der Waals surface area contributed by atoms with Gasteiger partial charge in [-0.25, -0.2) is 4.79 Å². The number of oxime groups is 1. The lowest BCUT2D eigenvalue weighted by atomic mass is 9.71. The predicted molar refractivity (Wildman–Crippen MR) is 136 cm³/mol. The molecule has 0 aliphatic heterocycles. The van der Waals surface area contributed by atoms with Crippen molar-refractivity contribution in [2.75, 3.05) is 0 Å². The van der Waals surface area contributed by atoms with Crippen LogP contribution in [0.25, 0.3) is 11.1 Å². The Hall–Kier alpha value is -3.53. The van der Waals surface area contributed by atoms with E-state index < -0.39 is 5.97 Å². The van der Waals surface area contributed by atoms with Crippen molar-refractivity contribution in [1.29, 1.82) is 0 Å². The third kappa shape index (κ3) is 4.09. The van der Waals surface area contributed by atoms with Crippen LogP contribution in [0.1, 0.15) is 79.1 Å². The topological polar surface area (TPSA) is 55.7 Å². The standard InChI is InChI=1S/C30H31NO3/c1-5-17-30(18-6-2)26-14-10-9-13-24(26)25-16-15-22(19-27(25)30)29(33)28(31-34-21(4)32)23-12-8-7-11-20(23)3/h7-16,19H,5-6,17-18H2,1-4H3/b31-28-. The minimum Gasteiger partial charge on any atom is -0.318 e. The number of benzene rings is 3. The van der Waals surface area contributed by atoms with Gasteiger partial charge in [0.05, 0.1) is 0 Å². The molecule has 0 heterocycles. The summed E-state index contributed by atoms with van der Waals surface area (Å²) in [5, 5.41) is 3.99. The van der Waals surface area contributed by atoms with E-state index in [0.29, 0.717) is 11.1 Å². The first-order chi connectivity index (χ1) is 16.4. The second-order valence-corrected chi connectivity index (χ2v) is 9.05. The molecule has 0 bridgehead atoms. The van der Waals surface area contributed by atoms with Gasteiger partial charge in [0, 0.05) is 23.5 Å². The first-order valence-corrected chi connectivity index (χ1v) is 12.0. The summed E-state index contributed by atoms with van der Waals surface area (Å²) < 4.78 is 0. The molecule has 3 aromatic carbocycles. The second-order valence-electron chi connectivity index (χ2n) is 9.05. The Morgan fingerprint density at radius 1 is 0.853 bits per heavy atom. The minimum absolute atomic E-state index is 0.110. The summed E-state index contributed by atoms with van der Waals surface area (Å²) in [5.41, 5.74) is 7.15. The molecule has 0 radical (unpaired) electrons. The Kier molecular flexibility index (Phi) is 6.78. The lowest BCUT2D eigenvalue weighted by Crippen LogP contribution is -2.26. The number of ketones is 1. The van der Waals surface area contributed by atoms with E-state index in [1.807, 2.05) is 43.3 Å². The molecule has 0 amide bonds. The summed E-state index contributed by atoms with van der Waals surface area (Å²) >= 11 is 0. The van der Waals surface area contributed by atoms with Gasteiger partial charge in [-0.1, -0.05) is 92.5 Å². The average molecular weight is 454 g/mol. The predicted octanol–water partition coefficient (Wildman–Crippen LogP) is 7.01. The number of carbonyl (C=O) groups is 2. The highest BCUT2D eigenvalue weighted by molar-refractivity contribution is 6.51. The maximum atomic E-state index is 13.8. The van der Waals surface area contributed by atoms with Crippen LogP contribution >= 0.6 is 0 Å². The maximum Gasteiger partial charge on any atom is 0.332 e. The van der Waals surface area contributed by atoms with Crippen LogP contribution in [0.4, 0.5) is 0 Å². The molecule has 1 aliphatic rings. The largest absolute Gasteiger partial charge is 0.332 e. The van der Waals surface area contributed by atoms with Gasteiger partial charge in [0.1, 0.15) is 0 Å². The number of nitrogens with zero attached hydrogens (tertiary/aromatic N) is 1. The van der Waals surface area contributed by atoms with Crippen LogP contribution in [0.3, 0.4) is 0 Å². The number of rotatable bonds is 8. The molecule has 0 unspecified atom stereocenters. The van der Waals surface area contributed by atoms with Gasteiger partial charge >= 0.3 is 5.97 Å². The Labute approximate surface area is 201 Å². The summed E-state index contributed by atoms with van der Waals surface area (Å²) in [6.45, 7) is 7.63. The van der Waals surface area contributed by atoms with Gasteiger partial charge in [0.25, 0.3) is 0 Å². The molecule has 0 fully saturated rings. The molecule has 0 saturated heterocycles. The van der Waals surface area contributed by atoms with Crippen molar-refractivity contribution in [3.8, 4) is 11.1 Å².